The molecule has 0 aromatic rings. The van der Waals surface area contributed by atoms with Crippen LogP contribution in [-0.4, -0.2) is 50.6 Å². The molecule has 0 spiro atoms. The summed E-state index contributed by atoms with van der Waals surface area (Å²) in [5.41, 5.74) is -0.561. The topological polar surface area (TPSA) is 56.8 Å². The molecule has 2 fully saturated rings. The maximum Gasteiger partial charge on any atom is 0.326 e. The third kappa shape index (κ3) is 3.71. The highest BCUT2D eigenvalue weighted by Crippen LogP contribution is 2.33. The van der Waals surface area contributed by atoms with E-state index in [9.17, 15) is 4.79 Å². The number of esters is 1. The minimum atomic E-state index is -0.561. The lowest BCUT2D eigenvalue weighted by Gasteiger charge is -2.27. The molecule has 1 saturated heterocycles. The van der Waals surface area contributed by atoms with Crippen molar-refractivity contribution in [3.05, 3.63) is 0 Å². The van der Waals surface area contributed by atoms with E-state index in [0.717, 1.165) is 32.3 Å². The highest BCUT2D eigenvalue weighted by atomic mass is 16.5. The van der Waals surface area contributed by atoms with E-state index in [-0.39, 0.29) is 18.2 Å². The van der Waals surface area contributed by atoms with Gasteiger partial charge in [0.1, 0.15) is 5.54 Å². The van der Waals surface area contributed by atoms with Gasteiger partial charge in [0.25, 0.3) is 0 Å². The van der Waals surface area contributed by atoms with Gasteiger partial charge in [0.05, 0.1) is 25.4 Å². The highest BCUT2D eigenvalue weighted by Gasteiger charge is 2.46. The lowest BCUT2D eigenvalue weighted by atomic mass is 9.98. The van der Waals surface area contributed by atoms with Crippen molar-refractivity contribution in [1.82, 2.24) is 5.32 Å². The Labute approximate surface area is 121 Å². The van der Waals surface area contributed by atoms with Gasteiger partial charge in [-0.15, -0.1) is 0 Å². The first-order valence-electron chi connectivity index (χ1n) is 7.79. The van der Waals surface area contributed by atoms with Gasteiger partial charge in [0.15, 0.2) is 0 Å². The van der Waals surface area contributed by atoms with Crippen LogP contribution in [0.25, 0.3) is 0 Å². The van der Waals surface area contributed by atoms with Gasteiger partial charge >= 0.3 is 5.97 Å². The predicted molar refractivity (Wildman–Crippen MR) is 75.6 cm³/mol. The minimum Gasteiger partial charge on any atom is -0.465 e. The Bertz CT molecular complexity index is 317. The van der Waals surface area contributed by atoms with Crippen molar-refractivity contribution >= 4 is 5.97 Å². The molecule has 0 aromatic carbocycles. The van der Waals surface area contributed by atoms with Gasteiger partial charge in [0.2, 0.25) is 0 Å². The van der Waals surface area contributed by atoms with Crippen molar-refractivity contribution in [1.29, 1.82) is 0 Å². The quantitative estimate of drug-likeness (QED) is 0.752. The summed E-state index contributed by atoms with van der Waals surface area (Å²) in [7, 11) is 1.82. The Morgan fingerprint density at radius 1 is 1.40 bits per heavy atom. The Morgan fingerprint density at radius 2 is 2.25 bits per heavy atom. The van der Waals surface area contributed by atoms with Crippen molar-refractivity contribution < 1.29 is 19.0 Å². The summed E-state index contributed by atoms with van der Waals surface area (Å²) in [4.78, 5) is 12.1. The van der Waals surface area contributed by atoms with E-state index < -0.39 is 5.54 Å². The second kappa shape index (κ2) is 7.38. The van der Waals surface area contributed by atoms with Crippen molar-refractivity contribution in [3.8, 4) is 0 Å². The molecule has 3 atom stereocenters. The van der Waals surface area contributed by atoms with Crippen LogP contribution in [0.15, 0.2) is 0 Å². The summed E-state index contributed by atoms with van der Waals surface area (Å²) >= 11 is 0. The molecule has 1 aliphatic carbocycles. The lowest BCUT2D eigenvalue weighted by Crippen LogP contribution is -2.49. The Hall–Kier alpha value is -0.650. The smallest absolute Gasteiger partial charge is 0.326 e. The fraction of sp³-hybridized carbons (Fsp3) is 0.933. The summed E-state index contributed by atoms with van der Waals surface area (Å²) in [6.45, 7) is 3.75. The van der Waals surface area contributed by atoms with E-state index in [1.54, 1.807) is 0 Å². The summed E-state index contributed by atoms with van der Waals surface area (Å²) in [5, 5.41) is 3.14. The molecule has 1 aliphatic heterocycles. The molecule has 0 bridgehead atoms. The number of ether oxygens (including phenoxy) is 3. The average Bonchev–Trinajstić information content (AvgIpc) is 2.91. The number of nitrogens with one attached hydrogen (secondary N) is 1. The summed E-state index contributed by atoms with van der Waals surface area (Å²) in [5.74, 6) is -0.150. The molecule has 3 unspecified atom stereocenters. The van der Waals surface area contributed by atoms with Gasteiger partial charge in [-0.05, 0) is 46.1 Å². The zero-order valence-electron chi connectivity index (χ0n) is 12.7. The monoisotopic (exact) mass is 285 g/mol. The van der Waals surface area contributed by atoms with Gasteiger partial charge in [-0.3, -0.25) is 4.79 Å². The van der Waals surface area contributed by atoms with Crippen LogP contribution in [-0.2, 0) is 19.0 Å². The van der Waals surface area contributed by atoms with Gasteiger partial charge in [-0.25, -0.2) is 0 Å². The minimum absolute atomic E-state index is 0.123. The van der Waals surface area contributed by atoms with Crippen LogP contribution >= 0.6 is 0 Å². The first-order valence-corrected chi connectivity index (χ1v) is 7.79. The van der Waals surface area contributed by atoms with Crippen molar-refractivity contribution in [2.75, 3.05) is 26.9 Å². The molecular formula is C15H27NO4. The number of likely N-dealkylation sites (N-methyl/N-ethyl adjacent to an activating group) is 1. The van der Waals surface area contributed by atoms with E-state index >= 15 is 0 Å². The molecule has 1 N–H and O–H groups in total. The number of rotatable bonds is 6. The first kappa shape index (κ1) is 15.7. The van der Waals surface area contributed by atoms with Gasteiger partial charge in [0, 0.05) is 13.0 Å². The molecule has 1 heterocycles. The second-order valence-electron chi connectivity index (χ2n) is 5.74. The number of carbonyl (C=O) groups excluding carboxylic acids is 1. The molecular weight excluding hydrogens is 258 g/mol. The van der Waals surface area contributed by atoms with E-state index in [2.05, 4.69) is 5.32 Å². The maximum atomic E-state index is 12.1. The Balaban J connectivity index is 1.79. The SMILES string of the molecule is CCOC(=O)C1(NC)CCC(OCC2CCCCO2)C1. The molecule has 2 rings (SSSR count). The number of hydrogen-bond acceptors (Lipinski definition) is 5. The fourth-order valence-corrected chi connectivity index (χ4v) is 3.11. The van der Waals surface area contributed by atoms with Gasteiger partial charge in [-0.1, -0.05) is 0 Å². The predicted octanol–water partition coefficient (Wildman–Crippen LogP) is 1.65. The number of carbonyl (C=O) groups is 1. The third-order valence-electron chi connectivity index (χ3n) is 4.41. The van der Waals surface area contributed by atoms with Crippen LogP contribution in [0, 0.1) is 0 Å². The maximum absolute atomic E-state index is 12.1. The third-order valence-corrected chi connectivity index (χ3v) is 4.41. The Morgan fingerprint density at radius 3 is 2.90 bits per heavy atom. The summed E-state index contributed by atoms with van der Waals surface area (Å²) < 4.78 is 16.8. The molecule has 0 aromatic heterocycles. The van der Waals surface area contributed by atoms with Crippen LogP contribution in [0.3, 0.4) is 0 Å². The van der Waals surface area contributed by atoms with E-state index in [1.165, 1.54) is 6.42 Å². The van der Waals surface area contributed by atoms with E-state index in [1.807, 2.05) is 14.0 Å². The first-order chi connectivity index (χ1) is 9.70. The van der Waals surface area contributed by atoms with Crippen LogP contribution in [0.4, 0.5) is 0 Å². The average molecular weight is 285 g/mol. The van der Waals surface area contributed by atoms with Crippen molar-refractivity contribution in [2.45, 2.75) is 63.2 Å². The van der Waals surface area contributed by atoms with Gasteiger partial charge in [-0.2, -0.15) is 0 Å². The molecule has 5 heteroatoms. The zero-order valence-corrected chi connectivity index (χ0v) is 12.7. The van der Waals surface area contributed by atoms with Crippen LogP contribution in [0.1, 0.15) is 45.4 Å². The molecule has 0 amide bonds. The van der Waals surface area contributed by atoms with Crippen LogP contribution in [0.2, 0.25) is 0 Å². The lowest BCUT2D eigenvalue weighted by molar-refractivity contribution is -0.151. The second-order valence-corrected chi connectivity index (χ2v) is 5.74. The Kier molecular flexibility index (Phi) is 5.81. The van der Waals surface area contributed by atoms with Crippen molar-refractivity contribution in [2.24, 2.45) is 0 Å². The van der Waals surface area contributed by atoms with Crippen LogP contribution in [0.5, 0.6) is 0 Å². The molecule has 2 aliphatic rings. The molecule has 20 heavy (non-hydrogen) atoms. The largest absolute Gasteiger partial charge is 0.465 e. The van der Waals surface area contributed by atoms with Crippen LogP contribution < -0.4 is 5.32 Å². The zero-order chi connectivity index (χ0) is 14.4. The van der Waals surface area contributed by atoms with Gasteiger partial charge < -0.3 is 19.5 Å². The molecule has 0 radical (unpaired) electrons. The summed E-state index contributed by atoms with van der Waals surface area (Å²) in [6.07, 6.45) is 6.18. The normalized spacial score (nSPS) is 34.1. The standard InChI is InChI=1S/C15H27NO4/c1-3-18-14(17)15(16-2)8-7-12(10-15)20-11-13-6-4-5-9-19-13/h12-13,16H,3-11H2,1-2H3. The molecule has 1 saturated carbocycles. The summed E-state index contributed by atoms with van der Waals surface area (Å²) in [6, 6.07) is 0. The number of hydrogen-bond donors (Lipinski definition) is 1. The molecule has 5 nitrogen and oxygen atoms in total. The fourth-order valence-electron chi connectivity index (χ4n) is 3.11. The molecule has 116 valence electrons. The highest BCUT2D eigenvalue weighted by molar-refractivity contribution is 5.81. The van der Waals surface area contributed by atoms with E-state index in [0.29, 0.717) is 19.6 Å². The van der Waals surface area contributed by atoms with Crippen molar-refractivity contribution in [3.63, 3.8) is 0 Å². The van der Waals surface area contributed by atoms with E-state index in [4.69, 9.17) is 14.2 Å².